The van der Waals surface area contributed by atoms with Crippen molar-refractivity contribution in [3.63, 3.8) is 0 Å². The molecular formula is C13H19BrS. The number of thiophene rings is 1. The van der Waals surface area contributed by atoms with Gasteiger partial charge in [-0.25, -0.2) is 0 Å². The summed E-state index contributed by atoms with van der Waals surface area (Å²) in [5.41, 5.74) is 0. The predicted molar refractivity (Wildman–Crippen MR) is 71.9 cm³/mol. The Balaban J connectivity index is 2.09. The molecule has 15 heavy (non-hydrogen) atoms. The first kappa shape index (κ1) is 11.7. The second-order valence-corrected chi connectivity index (χ2v) is 6.82. The molecule has 2 rings (SSSR count). The van der Waals surface area contributed by atoms with Crippen molar-refractivity contribution in [2.45, 2.75) is 44.4 Å². The van der Waals surface area contributed by atoms with Gasteiger partial charge in [-0.2, -0.15) is 0 Å². The average molecular weight is 287 g/mol. The summed E-state index contributed by atoms with van der Waals surface area (Å²) >= 11 is 5.89. The molecule has 1 fully saturated rings. The first-order valence-corrected chi connectivity index (χ1v) is 7.68. The predicted octanol–water partition coefficient (Wildman–Crippen LogP) is 5.18. The summed E-state index contributed by atoms with van der Waals surface area (Å²) in [6.45, 7) is 4.64. The molecule has 0 radical (unpaired) electrons. The number of alkyl halides is 1. The van der Waals surface area contributed by atoms with Gasteiger partial charge in [0.2, 0.25) is 0 Å². The van der Waals surface area contributed by atoms with E-state index in [4.69, 9.17) is 0 Å². The molecule has 1 aromatic rings. The average Bonchev–Trinajstić information content (AvgIpc) is 2.84. The summed E-state index contributed by atoms with van der Waals surface area (Å²) in [5, 5.41) is 0. The molecule has 84 valence electrons. The van der Waals surface area contributed by atoms with Crippen LogP contribution in [0, 0.1) is 11.8 Å². The zero-order valence-electron chi connectivity index (χ0n) is 9.50. The molecular weight excluding hydrogens is 268 g/mol. The van der Waals surface area contributed by atoms with Crippen LogP contribution in [0.5, 0.6) is 0 Å². The summed E-state index contributed by atoms with van der Waals surface area (Å²) in [6, 6.07) is 4.60. The largest absolute Gasteiger partial charge is 0.144 e. The summed E-state index contributed by atoms with van der Waals surface area (Å²) in [5.74, 6) is 1.75. The van der Waals surface area contributed by atoms with Crippen LogP contribution >= 0.6 is 27.3 Å². The minimum atomic E-state index is 0.597. The quantitative estimate of drug-likeness (QED) is 0.672. The van der Waals surface area contributed by atoms with E-state index in [1.54, 1.807) is 0 Å². The summed E-state index contributed by atoms with van der Waals surface area (Å²) in [6.07, 6.45) is 5.40. The van der Waals surface area contributed by atoms with Crippen molar-refractivity contribution in [2.24, 2.45) is 11.8 Å². The number of hydrogen-bond donors (Lipinski definition) is 0. The standard InChI is InChI=1S/C13H19BrS/c1-3-10-7-8-12(15-10)13(14)11-6-4-5-9(11)2/h7-9,11,13H,3-6H2,1-2H3. The lowest BCUT2D eigenvalue weighted by molar-refractivity contribution is 0.417. The van der Waals surface area contributed by atoms with E-state index in [1.807, 2.05) is 11.3 Å². The highest BCUT2D eigenvalue weighted by atomic mass is 79.9. The zero-order valence-corrected chi connectivity index (χ0v) is 11.9. The molecule has 1 aliphatic rings. The smallest absolute Gasteiger partial charge is 0.0519 e. The Morgan fingerprint density at radius 1 is 1.47 bits per heavy atom. The molecule has 0 bridgehead atoms. The van der Waals surface area contributed by atoms with Gasteiger partial charge in [0.05, 0.1) is 4.83 Å². The monoisotopic (exact) mass is 286 g/mol. The summed E-state index contributed by atoms with van der Waals surface area (Å²) < 4.78 is 0. The Morgan fingerprint density at radius 3 is 2.80 bits per heavy atom. The van der Waals surface area contributed by atoms with Gasteiger partial charge in [-0.15, -0.1) is 11.3 Å². The minimum Gasteiger partial charge on any atom is -0.144 e. The molecule has 3 unspecified atom stereocenters. The van der Waals surface area contributed by atoms with Crippen molar-refractivity contribution in [3.8, 4) is 0 Å². The van der Waals surface area contributed by atoms with Crippen LogP contribution in [-0.2, 0) is 6.42 Å². The summed E-state index contributed by atoms with van der Waals surface area (Å²) in [7, 11) is 0. The van der Waals surface area contributed by atoms with Crippen LogP contribution in [0.3, 0.4) is 0 Å². The lowest BCUT2D eigenvalue weighted by atomic mass is 9.94. The van der Waals surface area contributed by atoms with Crippen LogP contribution in [0.2, 0.25) is 0 Å². The fourth-order valence-corrected chi connectivity index (χ4v) is 4.78. The van der Waals surface area contributed by atoms with Crippen LogP contribution < -0.4 is 0 Å². The number of halogens is 1. The van der Waals surface area contributed by atoms with Crippen molar-refractivity contribution in [1.82, 2.24) is 0 Å². The highest BCUT2D eigenvalue weighted by Gasteiger charge is 2.30. The molecule has 0 aliphatic heterocycles. The van der Waals surface area contributed by atoms with Gasteiger partial charge in [0, 0.05) is 9.75 Å². The molecule has 2 heteroatoms. The first-order valence-electron chi connectivity index (χ1n) is 5.95. The SMILES string of the molecule is CCc1ccc(C(Br)C2CCCC2C)s1. The van der Waals surface area contributed by atoms with E-state index in [0.29, 0.717) is 4.83 Å². The molecule has 1 saturated carbocycles. The maximum absolute atomic E-state index is 3.91. The van der Waals surface area contributed by atoms with E-state index in [2.05, 4.69) is 41.9 Å². The first-order chi connectivity index (χ1) is 7.22. The Labute approximate surface area is 105 Å². The van der Waals surface area contributed by atoms with Gasteiger partial charge in [0.15, 0.2) is 0 Å². The molecule has 1 aromatic heterocycles. The third kappa shape index (κ3) is 2.47. The van der Waals surface area contributed by atoms with Gasteiger partial charge in [-0.05, 0) is 36.8 Å². The molecule has 1 aliphatic carbocycles. The maximum Gasteiger partial charge on any atom is 0.0519 e. The number of hydrogen-bond acceptors (Lipinski definition) is 1. The van der Waals surface area contributed by atoms with Gasteiger partial charge in [0.1, 0.15) is 0 Å². The van der Waals surface area contributed by atoms with Crippen molar-refractivity contribution < 1.29 is 0 Å². The highest BCUT2D eigenvalue weighted by molar-refractivity contribution is 9.09. The third-order valence-electron chi connectivity index (χ3n) is 3.61. The lowest BCUT2D eigenvalue weighted by Gasteiger charge is -2.20. The molecule has 0 nitrogen and oxygen atoms in total. The molecule has 1 heterocycles. The van der Waals surface area contributed by atoms with E-state index in [1.165, 1.54) is 35.4 Å². The molecule has 0 N–H and O–H groups in total. The fourth-order valence-electron chi connectivity index (χ4n) is 2.55. The zero-order chi connectivity index (χ0) is 10.8. The van der Waals surface area contributed by atoms with Gasteiger partial charge in [-0.1, -0.05) is 42.6 Å². The van der Waals surface area contributed by atoms with Crippen LogP contribution in [0.1, 0.15) is 47.7 Å². The van der Waals surface area contributed by atoms with Gasteiger partial charge < -0.3 is 0 Å². The molecule has 3 atom stereocenters. The molecule has 0 spiro atoms. The van der Waals surface area contributed by atoms with Gasteiger partial charge in [-0.3, -0.25) is 0 Å². The Morgan fingerprint density at radius 2 is 2.27 bits per heavy atom. The van der Waals surface area contributed by atoms with Crippen molar-refractivity contribution >= 4 is 27.3 Å². The molecule has 0 saturated heterocycles. The van der Waals surface area contributed by atoms with Crippen molar-refractivity contribution in [1.29, 1.82) is 0 Å². The minimum absolute atomic E-state index is 0.597. The van der Waals surface area contributed by atoms with Crippen molar-refractivity contribution in [3.05, 3.63) is 21.9 Å². The molecule has 0 amide bonds. The van der Waals surface area contributed by atoms with E-state index in [0.717, 1.165) is 11.8 Å². The van der Waals surface area contributed by atoms with E-state index >= 15 is 0 Å². The van der Waals surface area contributed by atoms with Crippen LogP contribution in [0.4, 0.5) is 0 Å². The van der Waals surface area contributed by atoms with E-state index < -0.39 is 0 Å². The van der Waals surface area contributed by atoms with Crippen LogP contribution in [0.15, 0.2) is 12.1 Å². The van der Waals surface area contributed by atoms with Gasteiger partial charge >= 0.3 is 0 Å². The van der Waals surface area contributed by atoms with Crippen LogP contribution in [0.25, 0.3) is 0 Å². The van der Waals surface area contributed by atoms with E-state index in [9.17, 15) is 0 Å². The number of aryl methyl sites for hydroxylation is 1. The maximum atomic E-state index is 3.91. The fraction of sp³-hybridized carbons (Fsp3) is 0.692. The molecule has 0 aromatic carbocycles. The lowest BCUT2D eigenvalue weighted by Crippen LogP contribution is -2.09. The third-order valence-corrected chi connectivity index (χ3v) is 6.39. The Kier molecular flexibility index (Phi) is 3.89. The Hall–Kier alpha value is 0.180. The topological polar surface area (TPSA) is 0 Å². The van der Waals surface area contributed by atoms with E-state index in [-0.39, 0.29) is 0 Å². The van der Waals surface area contributed by atoms with Crippen LogP contribution in [-0.4, -0.2) is 0 Å². The van der Waals surface area contributed by atoms with Gasteiger partial charge in [0.25, 0.3) is 0 Å². The second kappa shape index (κ2) is 5.01. The summed E-state index contributed by atoms with van der Waals surface area (Å²) in [4.78, 5) is 3.64. The highest BCUT2D eigenvalue weighted by Crippen LogP contribution is 2.46. The Bertz CT molecular complexity index is 318. The normalized spacial score (nSPS) is 28.2. The van der Waals surface area contributed by atoms with Crippen molar-refractivity contribution in [2.75, 3.05) is 0 Å². The second-order valence-electron chi connectivity index (χ2n) is 4.63. The number of rotatable bonds is 3.